The Morgan fingerprint density at radius 2 is 1.68 bits per heavy atom. The molecule has 130 valence electrons. The molecule has 5 heteroatoms. The van der Waals surface area contributed by atoms with Gasteiger partial charge in [0.15, 0.2) is 12.4 Å². The molecule has 0 saturated carbocycles. The minimum atomic E-state index is -0.516. The second kappa shape index (κ2) is 8.24. The molecule has 0 fully saturated rings. The number of aryl methyl sites for hydroxylation is 2. The van der Waals surface area contributed by atoms with Crippen LogP contribution in [0.1, 0.15) is 45.2 Å². The van der Waals surface area contributed by atoms with Crippen molar-refractivity contribution in [1.82, 2.24) is 0 Å². The normalized spacial score (nSPS) is 10.2. The summed E-state index contributed by atoms with van der Waals surface area (Å²) in [6.07, 6.45) is 0.384. The number of rotatable bonds is 6. The summed E-state index contributed by atoms with van der Waals surface area (Å²) in [7, 11) is 0. The van der Waals surface area contributed by atoms with E-state index in [1.165, 1.54) is 0 Å². The first-order chi connectivity index (χ1) is 11.9. The summed E-state index contributed by atoms with van der Waals surface area (Å²) in [6.45, 7) is 5.21. The molecule has 5 nitrogen and oxygen atoms in total. The summed E-state index contributed by atoms with van der Waals surface area (Å²) in [5, 5.41) is 2.70. The number of amides is 1. The molecule has 25 heavy (non-hydrogen) atoms. The predicted octanol–water partition coefficient (Wildman–Crippen LogP) is 3.69. The van der Waals surface area contributed by atoms with Crippen LogP contribution >= 0.6 is 0 Å². The quantitative estimate of drug-likeness (QED) is 0.643. The van der Waals surface area contributed by atoms with Crippen molar-refractivity contribution in [3.05, 3.63) is 64.7 Å². The van der Waals surface area contributed by atoms with Crippen LogP contribution in [0.4, 0.5) is 5.69 Å². The van der Waals surface area contributed by atoms with Crippen LogP contribution < -0.4 is 5.32 Å². The average Bonchev–Trinajstić information content (AvgIpc) is 2.60. The van der Waals surface area contributed by atoms with Gasteiger partial charge in [0, 0.05) is 17.7 Å². The number of anilines is 1. The summed E-state index contributed by atoms with van der Waals surface area (Å²) in [5.74, 6) is -0.911. The van der Waals surface area contributed by atoms with Crippen molar-refractivity contribution in [3.8, 4) is 0 Å². The van der Waals surface area contributed by atoms with E-state index in [-0.39, 0.29) is 18.3 Å². The number of esters is 1. The second-order valence-corrected chi connectivity index (χ2v) is 5.80. The lowest BCUT2D eigenvalue weighted by atomic mass is 10.1. The van der Waals surface area contributed by atoms with E-state index in [9.17, 15) is 14.4 Å². The van der Waals surface area contributed by atoms with Gasteiger partial charge in [-0.1, -0.05) is 24.6 Å². The molecule has 0 aliphatic rings. The number of ketones is 1. The molecule has 0 unspecified atom stereocenters. The molecule has 0 radical (unpaired) electrons. The van der Waals surface area contributed by atoms with Gasteiger partial charge in [0.25, 0.3) is 0 Å². The van der Waals surface area contributed by atoms with Gasteiger partial charge in [-0.15, -0.1) is 0 Å². The van der Waals surface area contributed by atoms with Crippen LogP contribution in [0.25, 0.3) is 0 Å². The van der Waals surface area contributed by atoms with Gasteiger partial charge in [0.2, 0.25) is 5.91 Å². The number of hydrogen-bond acceptors (Lipinski definition) is 4. The lowest BCUT2D eigenvalue weighted by Crippen LogP contribution is -2.15. The largest absolute Gasteiger partial charge is 0.454 e. The maximum absolute atomic E-state index is 12.1. The molecular formula is C20H21NO4. The second-order valence-electron chi connectivity index (χ2n) is 5.80. The maximum Gasteiger partial charge on any atom is 0.338 e. The van der Waals surface area contributed by atoms with Crippen molar-refractivity contribution >= 4 is 23.3 Å². The van der Waals surface area contributed by atoms with Crippen molar-refractivity contribution in [1.29, 1.82) is 0 Å². The van der Waals surface area contributed by atoms with Crippen LogP contribution in [0.15, 0.2) is 42.5 Å². The van der Waals surface area contributed by atoms with Crippen LogP contribution in [0.5, 0.6) is 0 Å². The zero-order valence-corrected chi connectivity index (χ0v) is 14.6. The summed E-state index contributed by atoms with van der Waals surface area (Å²) < 4.78 is 5.12. The number of carbonyl (C=O) groups excluding carboxylic acids is 3. The molecule has 0 heterocycles. The summed E-state index contributed by atoms with van der Waals surface area (Å²) in [6, 6.07) is 11.9. The Morgan fingerprint density at radius 1 is 1.00 bits per heavy atom. The molecule has 0 aliphatic heterocycles. The van der Waals surface area contributed by atoms with E-state index >= 15 is 0 Å². The SMILES string of the molecule is CCC(=O)Nc1ccc(C(=O)COC(=O)c2ccc(C)cc2C)cc1. The molecule has 1 amide bonds. The highest BCUT2D eigenvalue weighted by Crippen LogP contribution is 2.13. The smallest absolute Gasteiger partial charge is 0.338 e. The van der Waals surface area contributed by atoms with Gasteiger partial charge in [-0.25, -0.2) is 4.79 Å². The molecule has 0 spiro atoms. The maximum atomic E-state index is 12.1. The molecular weight excluding hydrogens is 318 g/mol. The standard InChI is InChI=1S/C20H21NO4/c1-4-19(23)21-16-8-6-15(7-9-16)18(22)12-25-20(24)17-10-5-13(2)11-14(17)3/h5-11H,4,12H2,1-3H3,(H,21,23). The van der Waals surface area contributed by atoms with Gasteiger partial charge in [0.1, 0.15) is 0 Å². The molecule has 2 aromatic rings. The van der Waals surface area contributed by atoms with E-state index in [0.717, 1.165) is 11.1 Å². The highest BCUT2D eigenvalue weighted by Gasteiger charge is 2.14. The molecule has 1 N–H and O–H groups in total. The van der Waals surface area contributed by atoms with Gasteiger partial charge >= 0.3 is 5.97 Å². The van der Waals surface area contributed by atoms with Crippen molar-refractivity contribution in [3.63, 3.8) is 0 Å². The highest BCUT2D eigenvalue weighted by atomic mass is 16.5. The Kier molecular flexibility index (Phi) is 6.06. The number of Topliss-reactive ketones (excluding diaryl/α,β-unsaturated/α-hetero) is 1. The van der Waals surface area contributed by atoms with Gasteiger partial charge in [-0.3, -0.25) is 9.59 Å². The van der Waals surface area contributed by atoms with Gasteiger partial charge in [-0.05, 0) is 49.7 Å². The first-order valence-corrected chi connectivity index (χ1v) is 8.08. The van der Waals surface area contributed by atoms with Gasteiger partial charge < -0.3 is 10.1 Å². The molecule has 0 atom stereocenters. The zero-order valence-electron chi connectivity index (χ0n) is 14.6. The third kappa shape index (κ3) is 5.01. The van der Waals surface area contributed by atoms with E-state index in [2.05, 4.69) is 5.32 Å². The van der Waals surface area contributed by atoms with E-state index in [1.54, 1.807) is 37.3 Å². The number of nitrogens with one attached hydrogen (secondary N) is 1. The Labute approximate surface area is 147 Å². The zero-order chi connectivity index (χ0) is 18.4. The predicted molar refractivity (Wildman–Crippen MR) is 95.9 cm³/mol. The van der Waals surface area contributed by atoms with Gasteiger partial charge in [0.05, 0.1) is 5.56 Å². The first kappa shape index (κ1) is 18.4. The Hall–Kier alpha value is -2.95. The summed E-state index contributed by atoms with van der Waals surface area (Å²) in [5.41, 5.74) is 3.36. The fourth-order valence-electron chi connectivity index (χ4n) is 2.32. The monoisotopic (exact) mass is 339 g/mol. The van der Waals surface area contributed by atoms with Crippen LogP contribution in [0.2, 0.25) is 0 Å². The van der Waals surface area contributed by atoms with Crippen molar-refractivity contribution in [2.45, 2.75) is 27.2 Å². The summed E-state index contributed by atoms with van der Waals surface area (Å²) >= 11 is 0. The average molecular weight is 339 g/mol. The molecule has 0 saturated heterocycles. The fourth-order valence-corrected chi connectivity index (χ4v) is 2.32. The summed E-state index contributed by atoms with van der Waals surface area (Å²) in [4.78, 5) is 35.6. The van der Waals surface area contributed by atoms with Crippen molar-refractivity contribution in [2.75, 3.05) is 11.9 Å². The number of hydrogen-bond donors (Lipinski definition) is 1. The molecule has 0 bridgehead atoms. The number of benzene rings is 2. The third-order valence-corrected chi connectivity index (χ3v) is 3.75. The number of ether oxygens (including phenoxy) is 1. The van der Waals surface area contributed by atoms with Gasteiger partial charge in [-0.2, -0.15) is 0 Å². The van der Waals surface area contributed by atoms with E-state index in [1.807, 2.05) is 26.0 Å². The lowest BCUT2D eigenvalue weighted by Gasteiger charge is -2.08. The first-order valence-electron chi connectivity index (χ1n) is 8.08. The minimum Gasteiger partial charge on any atom is -0.454 e. The minimum absolute atomic E-state index is 0.0959. The van der Waals surface area contributed by atoms with Crippen molar-refractivity contribution < 1.29 is 19.1 Å². The highest BCUT2D eigenvalue weighted by molar-refractivity contribution is 6.00. The topological polar surface area (TPSA) is 72.5 Å². The van der Waals surface area contributed by atoms with Crippen LogP contribution in [-0.4, -0.2) is 24.3 Å². The van der Waals surface area contributed by atoms with E-state index in [4.69, 9.17) is 4.74 Å². The molecule has 2 rings (SSSR count). The molecule has 0 aromatic heterocycles. The Bertz CT molecular complexity index is 794. The number of carbonyl (C=O) groups is 3. The van der Waals surface area contributed by atoms with Crippen molar-refractivity contribution in [2.24, 2.45) is 0 Å². The Balaban J connectivity index is 1.95. The van der Waals surface area contributed by atoms with Crippen LogP contribution in [-0.2, 0) is 9.53 Å². The third-order valence-electron chi connectivity index (χ3n) is 3.75. The van der Waals surface area contributed by atoms with Crippen LogP contribution in [0, 0.1) is 13.8 Å². The molecule has 0 aliphatic carbocycles. The van der Waals surface area contributed by atoms with Crippen LogP contribution in [0.3, 0.4) is 0 Å². The van der Waals surface area contributed by atoms with E-state index < -0.39 is 5.97 Å². The molecule has 2 aromatic carbocycles. The Morgan fingerprint density at radius 3 is 2.28 bits per heavy atom. The van der Waals surface area contributed by atoms with E-state index in [0.29, 0.717) is 23.2 Å². The fraction of sp³-hybridized carbons (Fsp3) is 0.250. The lowest BCUT2D eigenvalue weighted by molar-refractivity contribution is -0.115.